The second-order valence-electron chi connectivity index (χ2n) is 7.47. The van der Waals surface area contributed by atoms with E-state index >= 15 is 0 Å². The summed E-state index contributed by atoms with van der Waals surface area (Å²) in [5.41, 5.74) is 1.15. The van der Waals surface area contributed by atoms with Gasteiger partial charge < -0.3 is 19.4 Å². The number of morpholine rings is 1. The topological polar surface area (TPSA) is 55.7 Å². The summed E-state index contributed by atoms with van der Waals surface area (Å²) < 4.78 is 13.4. The Bertz CT molecular complexity index is 735. The molecule has 1 aliphatic heterocycles. The fourth-order valence-electron chi connectivity index (χ4n) is 3.29. The van der Waals surface area contributed by atoms with Crippen LogP contribution in [0.3, 0.4) is 0 Å². The number of carbonyl (C=O) groups is 1. The molecule has 0 spiro atoms. The van der Waals surface area contributed by atoms with E-state index in [1.807, 2.05) is 12.1 Å². The Kier molecular flexibility index (Phi) is 7.12. The van der Waals surface area contributed by atoms with Crippen LogP contribution in [0.15, 0.2) is 30.5 Å². The third kappa shape index (κ3) is 5.71. The summed E-state index contributed by atoms with van der Waals surface area (Å²) in [6.45, 7) is 10.4. The third-order valence-electron chi connectivity index (χ3n) is 4.93. The van der Waals surface area contributed by atoms with Crippen molar-refractivity contribution in [1.82, 2.24) is 14.8 Å². The molecule has 6 heteroatoms. The zero-order valence-electron chi connectivity index (χ0n) is 16.4. The van der Waals surface area contributed by atoms with E-state index in [1.165, 1.54) is 0 Å². The first-order valence-corrected chi connectivity index (χ1v) is 9.91. The summed E-state index contributed by atoms with van der Waals surface area (Å²) in [7, 11) is 0. The quantitative estimate of drug-likeness (QED) is 0.734. The maximum Gasteiger partial charge on any atom is 0.257 e. The van der Waals surface area contributed by atoms with Gasteiger partial charge in [-0.3, -0.25) is 9.69 Å². The monoisotopic (exact) mass is 373 g/mol. The van der Waals surface area contributed by atoms with Crippen LogP contribution in [-0.2, 0) is 16.1 Å². The highest BCUT2D eigenvalue weighted by Crippen LogP contribution is 2.27. The SMILES string of the molecule is CC(C)CCn1ccc2c(OCC(=O)NCCN3CCOCC3)cccc21. The zero-order chi connectivity index (χ0) is 19.1. The van der Waals surface area contributed by atoms with Gasteiger partial charge in [0, 0.05) is 44.3 Å². The average molecular weight is 373 g/mol. The van der Waals surface area contributed by atoms with Crippen molar-refractivity contribution >= 4 is 16.8 Å². The number of amides is 1. The summed E-state index contributed by atoms with van der Waals surface area (Å²) in [5, 5.41) is 3.99. The standard InChI is InChI=1S/C21H31N3O3/c1-17(2)6-9-24-10-7-18-19(24)4-3-5-20(18)27-16-21(25)22-8-11-23-12-14-26-15-13-23/h3-5,7,10,17H,6,8-9,11-16H2,1-2H3,(H,22,25). The molecule has 1 amide bonds. The summed E-state index contributed by atoms with van der Waals surface area (Å²) in [6, 6.07) is 8.09. The maximum absolute atomic E-state index is 12.1. The Morgan fingerprint density at radius 2 is 2.04 bits per heavy atom. The van der Waals surface area contributed by atoms with Crippen molar-refractivity contribution in [3.8, 4) is 5.75 Å². The molecule has 27 heavy (non-hydrogen) atoms. The molecule has 0 unspecified atom stereocenters. The van der Waals surface area contributed by atoms with Gasteiger partial charge in [-0.25, -0.2) is 0 Å². The molecule has 0 radical (unpaired) electrons. The van der Waals surface area contributed by atoms with Crippen molar-refractivity contribution in [2.45, 2.75) is 26.8 Å². The molecule has 2 aromatic rings. The van der Waals surface area contributed by atoms with E-state index in [-0.39, 0.29) is 12.5 Å². The number of carbonyl (C=O) groups excluding carboxylic acids is 1. The van der Waals surface area contributed by atoms with Gasteiger partial charge in [0.15, 0.2) is 6.61 Å². The first kappa shape index (κ1) is 19.7. The van der Waals surface area contributed by atoms with Crippen LogP contribution < -0.4 is 10.1 Å². The average Bonchev–Trinajstić information content (AvgIpc) is 3.09. The van der Waals surface area contributed by atoms with Crippen molar-refractivity contribution in [2.24, 2.45) is 5.92 Å². The van der Waals surface area contributed by atoms with Crippen molar-refractivity contribution in [3.05, 3.63) is 30.5 Å². The molecular weight excluding hydrogens is 342 g/mol. The second-order valence-corrected chi connectivity index (χ2v) is 7.47. The van der Waals surface area contributed by atoms with E-state index in [0.29, 0.717) is 12.5 Å². The molecule has 0 aliphatic carbocycles. The fourth-order valence-corrected chi connectivity index (χ4v) is 3.29. The zero-order valence-corrected chi connectivity index (χ0v) is 16.4. The number of nitrogens with zero attached hydrogens (tertiary/aromatic N) is 2. The molecule has 1 saturated heterocycles. The van der Waals surface area contributed by atoms with Gasteiger partial charge in [0.2, 0.25) is 0 Å². The number of nitrogens with one attached hydrogen (secondary N) is 1. The van der Waals surface area contributed by atoms with Gasteiger partial charge in [0.05, 0.1) is 18.7 Å². The minimum Gasteiger partial charge on any atom is -0.483 e. The molecule has 6 nitrogen and oxygen atoms in total. The number of ether oxygens (including phenoxy) is 2. The maximum atomic E-state index is 12.1. The Balaban J connectivity index is 1.48. The van der Waals surface area contributed by atoms with Crippen LogP contribution >= 0.6 is 0 Å². The summed E-state index contributed by atoms with van der Waals surface area (Å²) in [6.07, 6.45) is 3.24. The lowest BCUT2D eigenvalue weighted by molar-refractivity contribution is -0.123. The predicted molar refractivity (Wildman–Crippen MR) is 107 cm³/mol. The fraction of sp³-hybridized carbons (Fsp3) is 0.571. The molecule has 2 heterocycles. The van der Waals surface area contributed by atoms with Gasteiger partial charge >= 0.3 is 0 Å². The van der Waals surface area contributed by atoms with E-state index in [0.717, 1.165) is 62.5 Å². The molecular formula is C21H31N3O3. The predicted octanol–water partition coefficient (Wildman–Crippen LogP) is 2.51. The Morgan fingerprint density at radius 1 is 1.22 bits per heavy atom. The number of benzene rings is 1. The minimum absolute atomic E-state index is 0.0411. The lowest BCUT2D eigenvalue weighted by Gasteiger charge is -2.26. The minimum atomic E-state index is -0.0838. The smallest absolute Gasteiger partial charge is 0.257 e. The molecule has 1 aliphatic rings. The van der Waals surface area contributed by atoms with Crippen molar-refractivity contribution < 1.29 is 14.3 Å². The first-order valence-electron chi connectivity index (χ1n) is 9.91. The third-order valence-corrected chi connectivity index (χ3v) is 4.93. The Labute approximate surface area is 161 Å². The van der Waals surface area contributed by atoms with Gasteiger partial charge in [0.25, 0.3) is 5.91 Å². The molecule has 1 fully saturated rings. The van der Waals surface area contributed by atoms with Crippen molar-refractivity contribution in [2.75, 3.05) is 46.0 Å². The summed E-state index contributed by atoms with van der Waals surface area (Å²) >= 11 is 0. The highest BCUT2D eigenvalue weighted by Gasteiger charge is 2.11. The van der Waals surface area contributed by atoms with Crippen LogP contribution in [0.1, 0.15) is 20.3 Å². The van der Waals surface area contributed by atoms with E-state index in [1.54, 1.807) is 0 Å². The van der Waals surface area contributed by atoms with Crippen LogP contribution in [0.2, 0.25) is 0 Å². The van der Waals surface area contributed by atoms with E-state index < -0.39 is 0 Å². The van der Waals surface area contributed by atoms with Crippen LogP contribution in [0.25, 0.3) is 10.9 Å². The first-order chi connectivity index (χ1) is 13.1. The van der Waals surface area contributed by atoms with Crippen LogP contribution in [0, 0.1) is 5.92 Å². The summed E-state index contributed by atoms with van der Waals surface area (Å²) in [5.74, 6) is 1.35. The highest BCUT2D eigenvalue weighted by molar-refractivity contribution is 5.87. The number of hydrogen-bond donors (Lipinski definition) is 1. The van der Waals surface area contributed by atoms with Gasteiger partial charge in [0.1, 0.15) is 5.75 Å². The second kappa shape index (κ2) is 9.76. The molecule has 3 rings (SSSR count). The molecule has 0 saturated carbocycles. The van der Waals surface area contributed by atoms with Gasteiger partial charge in [-0.05, 0) is 30.5 Å². The van der Waals surface area contributed by atoms with E-state index in [4.69, 9.17) is 9.47 Å². The molecule has 0 bridgehead atoms. The van der Waals surface area contributed by atoms with Crippen molar-refractivity contribution in [1.29, 1.82) is 0 Å². The highest BCUT2D eigenvalue weighted by atomic mass is 16.5. The molecule has 0 atom stereocenters. The van der Waals surface area contributed by atoms with Crippen LogP contribution in [-0.4, -0.2) is 61.4 Å². The number of aromatic nitrogens is 1. The normalized spacial score (nSPS) is 15.4. The molecule has 1 N–H and O–H groups in total. The number of fused-ring (bicyclic) bond motifs is 1. The largest absolute Gasteiger partial charge is 0.483 e. The Morgan fingerprint density at radius 3 is 2.81 bits per heavy atom. The lowest BCUT2D eigenvalue weighted by Crippen LogP contribution is -2.42. The van der Waals surface area contributed by atoms with Gasteiger partial charge in [-0.1, -0.05) is 19.9 Å². The number of hydrogen-bond acceptors (Lipinski definition) is 4. The van der Waals surface area contributed by atoms with E-state index in [9.17, 15) is 4.79 Å². The molecule has 1 aromatic carbocycles. The Hall–Kier alpha value is -2.05. The van der Waals surface area contributed by atoms with Gasteiger partial charge in [-0.15, -0.1) is 0 Å². The van der Waals surface area contributed by atoms with Crippen LogP contribution in [0.5, 0.6) is 5.75 Å². The number of aryl methyl sites for hydroxylation is 1. The molecule has 148 valence electrons. The van der Waals surface area contributed by atoms with Crippen LogP contribution in [0.4, 0.5) is 0 Å². The lowest BCUT2D eigenvalue weighted by atomic mass is 10.1. The van der Waals surface area contributed by atoms with E-state index in [2.05, 4.69) is 47.0 Å². The molecule has 1 aromatic heterocycles. The number of rotatable bonds is 9. The summed E-state index contributed by atoms with van der Waals surface area (Å²) in [4.78, 5) is 14.4. The van der Waals surface area contributed by atoms with Crippen molar-refractivity contribution in [3.63, 3.8) is 0 Å². The van der Waals surface area contributed by atoms with Gasteiger partial charge in [-0.2, -0.15) is 0 Å².